The molecular formula is C15H16N8. The van der Waals surface area contributed by atoms with Crippen molar-refractivity contribution in [2.24, 2.45) is 0 Å². The summed E-state index contributed by atoms with van der Waals surface area (Å²) in [5.41, 5.74) is 3.48. The minimum atomic E-state index is 0.413. The van der Waals surface area contributed by atoms with E-state index in [1.807, 2.05) is 29.2 Å². The number of H-pyrrole nitrogens is 2. The second-order valence-electron chi connectivity index (χ2n) is 5.95. The number of fused-ring (bicyclic) bond motifs is 2. The number of aromatic nitrogens is 7. The Kier molecular flexibility index (Phi) is 2.71. The molecule has 0 unspecified atom stereocenters. The molecule has 8 heteroatoms. The Labute approximate surface area is 131 Å². The van der Waals surface area contributed by atoms with Crippen molar-refractivity contribution in [3.05, 3.63) is 24.5 Å². The van der Waals surface area contributed by atoms with Crippen molar-refractivity contribution in [3.8, 4) is 11.5 Å². The predicted octanol–water partition coefficient (Wildman–Crippen LogP) is 1.62. The third kappa shape index (κ3) is 2.10. The summed E-state index contributed by atoms with van der Waals surface area (Å²) in [4.78, 5) is 9.20. The van der Waals surface area contributed by atoms with E-state index in [2.05, 4.69) is 35.8 Å². The Bertz CT molecular complexity index is 924. The summed E-state index contributed by atoms with van der Waals surface area (Å²) >= 11 is 0. The molecule has 1 aromatic carbocycles. The number of imidazole rings is 1. The zero-order chi connectivity index (χ0) is 15.2. The Morgan fingerprint density at radius 1 is 1.09 bits per heavy atom. The van der Waals surface area contributed by atoms with Crippen LogP contribution in [0.1, 0.15) is 18.9 Å². The van der Waals surface area contributed by atoms with Crippen LogP contribution in [-0.4, -0.2) is 48.2 Å². The summed E-state index contributed by atoms with van der Waals surface area (Å²) in [5.74, 6) is 0.636. The molecule has 0 amide bonds. The minimum Gasteiger partial charge on any atom is -0.317 e. The van der Waals surface area contributed by atoms with Crippen molar-refractivity contribution in [2.45, 2.75) is 18.9 Å². The first kappa shape index (κ1) is 12.8. The summed E-state index contributed by atoms with van der Waals surface area (Å²) < 4.78 is 1.95. The lowest BCUT2D eigenvalue weighted by Gasteiger charge is -2.21. The van der Waals surface area contributed by atoms with Crippen LogP contribution in [0.3, 0.4) is 0 Å². The second kappa shape index (κ2) is 4.88. The van der Waals surface area contributed by atoms with Gasteiger partial charge < -0.3 is 15.5 Å². The molecule has 0 bridgehead atoms. The van der Waals surface area contributed by atoms with Gasteiger partial charge in [-0.15, -0.1) is 5.10 Å². The normalized spacial score (nSPS) is 16.5. The third-order valence-electron chi connectivity index (χ3n) is 4.46. The average Bonchev–Trinajstić information content (AvgIpc) is 3.31. The van der Waals surface area contributed by atoms with Gasteiger partial charge in [-0.25, -0.2) is 14.6 Å². The van der Waals surface area contributed by atoms with Crippen molar-refractivity contribution in [2.75, 3.05) is 13.1 Å². The topological polar surface area (TPSA) is 100 Å². The molecule has 23 heavy (non-hydrogen) atoms. The molecule has 0 radical (unpaired) electrons. The molecule has 4 heterocycles. The van der Waals surface area contributed by atoms with E-state index in [0.717, 1.165) is 53.6 Å². The highest BCUT2D eigenvalue weighted by Gasteiger charge is 2.18. The van der Waals surface area contributed by atoms with Gasteiger partial charge in [0.25, 0.3) is 0 Å². The molecule has 3 N–H and O–H groups in total. The maximum atomic E-state index is 4.60. The van der Waals surface area contributed by atoms with Crippen LogP contribution in [0.25, 0.3) is 33.5 Å². The van der Waals surface area contributed by atoms with Crippen LogP contribution in [0, 0.1) is 0 Å². The predicted molar refractivity (Wildman–Crippen MR) is 85.9 cm³/mol. The number of piperidine rings is 1. The van der Waals surface area contributed by atoms with Crippen molar-refractivity contribution < 1.29 is 0 Å². The number of hydrogen-bond donors (Lipinski definition) is 3. The largest absolute Gasteiger partial charge is 0.317 e. The molecule has 0 spiro atoms. The van der Waals surface area contributed by atoms with Gasteiger partial charge in [-0.1, -0.05) is 5.21 Å². The summed E-state index contributed by atoms with van der Waals surface area (Å²) in [5, 5.41) is 19.0. The number of nitrogens with one attached hydrogen (secondary N) is 3. The number of hydrogen-bond acceptors (Lipinski definition) is 5. The molecule has 116 valence electrons. The molecule has 1 aliphatic rings. The van der Waals surface area contributed by atoms with Gasteiger partial charge in [0.15, 0.2) is 5.82 Å². The standard InChI is InChI=1S/C15H16N8/c1-3-16-4-2-10(1)23-8-14(21-22-23)15-18-12-5-9-7-17-20-11(9)6-13(12)19-15/h5-8,10,16-17,20H,1-4H2. The van der Waals surface area contributed by atoms with Gasteiger partial charge in [0.1, 0.15) is 5.69 Å². The highest BCUT2D eigenvalue weighted by molar-refractivity contribution is 5.93. The van der Waals surface area contributed by atoms with Gasteiger partial charge in [0, 0.05) is 11.6 Å². The van der Waals surface area contributed by atoms with Gasteiger partial charge in [-0.2, -0.15) is 0 Å². The summed E-state index contributed by atoms with van der Waals surface area (Å²) in [7, 11) is 0. The lowest BCUT2D eigenvalue weighted by Crippen LogP contribution is -2.29. The van der Waals surface area contributed by atoms with Gasteiger partial charge in [0.05, 0.1) is 28.8 Å². The Hall–Kier alpha value is -2.74. The molecule has 1 fully saturated rings. The molecule has 1 saturated heterocycles. The number of rotatable bonds is 2. The van der Waals surface area contributed by atoms with E-state index in [4.69, 9.17) is 0 Å². The molecule has 8 nitrogen and oxygen atoms in total. The Morgan fingerprint density at radius 3 is 2.78 bits per heavy atom. The molecule has 0 aliphatic carbocycles. The molecule has 3 aromatic heterocycles. The zero-order valence-corrected chi connectivity index (χ0v) is 12.5. The maximum absolute atomic E-state index is 4.60. The van der Waals surface area contributed by atoms with Crippen LogP contribution in [0.2, 0.25) is 0 Å². The van der Waals surface area contributed by atoms with Gasteiger partial charge in [-0.3, -0.25) is 0 Å². The number of nitrogens with zero attached hydrogens (tertiary/aromatic N) is 5. The molecule has 1 aliphatic heterocycles. The Balaban J connectivity index is 1.53. The van der Waals surface area contributed by atoms with Crippen molar-refractivity contribution in [1.29, 1.82) is 0 Å². The van der Waals surface area contributed by atoms with E-state index < -0.39 is 0 Å². The fourth-order valence-corrected chi connectivity index (χ4v) is 3.19. The smallest absolute Gasteiger partial charge is 0.183 e. The van der Waals surface area contributed by atoms with Gasteiger partial charge in [0.2, 0.25) is 0 Å². The Morgan fingerprint density at radius 2 is 1.91 bits per heavy atom. The highest BCUT2D eigenvalue weighted by Crippen LogP contribution is 2.24. The van der Waals surface area contributed by atoms with Crippen molar-refractivity contribution >= 4 is 21.9 Å². The fraction of sp³-hybridized carbons (Fsp3) is 0.333. The SMILES string of the molecule is c1[nH][nH]c2cc3nc(-c4cn(C5CCNCC5)nn4)nc3cc12. The lowest BCUT2D eigenvalue weighted by atomic mass is 10.1. The molecule has 4 aromatic rings. The summed E-state index contributed by atoms with van der Waals surface area (Å²) in [6.07, 6.45) is 6.03. The van der Waals surface area contributed by atoms with Crippen molar-refractivity contribution in [3.63, 3.8) is 0 Å². The average molecular weight is 308 g/mol. The summed E-state index contributed by atoms with van der Waals surface area (Å²) in [6.45, 7) is 2.05. The van der Waals surface area contributed by atoms with E-state index in [9.17, 15) is 0 Å². The first-order valence-corrected chi connectivity index (χ1v) is 7.83. The van der Waals surface area contributed by atoms with E-state index in [-0.39, 0.29) is 0 Å². The van der Waals surface area contributed by atoms with Gasteiger partial charge in [-0.05, 0) is 38.1 Å². The molecular weight excluding hydrogens is 292 g/mol. The van der Waals surface area contributed by atoms with E-state index in [0.29, 0.717) is 11.9 Å². The van der Waals surface area contributed by atoms with Crippen LogP contribution in [0.4, 0.5) is 0 Å². The second-order valence-corrected chi connectivity index (χ2v) is 5.95. The number of benzene rings is 1. The maximum Gasteiger partial charge on any atom is 0.183 e. The number of aromatic amines is 2. The van der Waals surface area contributed by atoms with Gasteiger partial charge >= 0.3 is 0 Å². The van der Waals surface area contributed by atoms with E-state index in [1.54, 1.807) is 0 Å². The quantitative estimate of drug-likeness (QED) is 0.522. The zero-order valence-electron chi connectivity index (χ0n) is 12.5. The lowest BCUT2D eigenvalue weighted by molar-refractivity contribution is 0.337. The molecule has 5 rings (SSSR count). The van der Waals surface area contributed by atoms with Crippen molar-refractivity contribution in [1.82, 2.24) is 40.5 Å². The third-order valence-corrected chi connectivity index (χ3v) is 4.46. The monoisotopic (exact) mass is 308 g/mol. The highest BCUT2D eigenvalue weighted by atomic mass is 15.4. The first-order chi connectivity index (χ1) is 11.4. The summed E-state index contributed by atoms with van der Waals surface area (Å²) in [6, 6.07) is 4.43. The van der Waals surface area contributed by atoms with E-state index >= 15 is 0 Å². The van der Waals surface area contributed by atoms with Crippen LogP contribution in [-0.2, 0) is 0 Å². The molecule has 0 atom stereocenters. The minimum absolute atomic E-state index is 0.413. The van der Waals surface area contributed by atoms with E-state index in [1.165, 1.54) is 0 Å². The first-order valence-electron chi connectivity index (χ1n) is 7.83. The molecule has 0 saturated carbocycles. The van der Waals surface area contributed by atoms with Crippen LogP contribution < -0.4 is 5.32 Å². The van der Waals surface area contributed by atoms with Crippen LogP contribution in [0.15, 0.2) is 24.5 Å². The van der Waals surface area contributed by atoms with Crippen LogP contribution in [0.5, 0.6) is 0 Å². The van der Waals surface area contributed by atoms with Crippen LogP contribution >= 0.6 is 0 Å². The fourth-order valence-electron chi connectivity index (χ4n) is 3.19.